The van der Waals surface area contributed by atoms with Gasteiger partial charge in [0.1, 0.15) is 5.60 Å². The molecule has 1 aromatic rings. The van der Waals surface area contributed by atoms with E-state index in [-0.39, 0.29) is 12.1 Å². The van der Waals surface area contributed by atoms with E-state index in [4.69, 9.17) is 16.3 Å². The Balaban J connectivity index is 1.98. The summed E-state index contributed by atoms with van der Waals surface area (Å²) < 4.78 is 5.50. The predicted molar refractivity (Wildman–Crippen MR) is 88.3 cm³/mol. The molecule has 0 spiro atoms. The summed E-state index contributed by atoms with van der Waals surface area (Å²) in [5.74, 6) is 0. The van der Waals surface area contributed by atoms with Gasteiger partial charge in [-0.15, -0.1) is 0 Å². The number of rotatable bonds is 3. The maximum atomic E-state index is 12.3. The van der Waals surface area contributed by atoms with E-state index in [1.165, 1.54) is 0 Å². The van der Waals surface area contributed by atoms with Crippen LogP contribution in [0.1, 0.15) is 40.0 Å². The van der Waals surface area contributed by atoms with Crippen LogP contribution in [0.5, 0.6) is 0 Å². The van der Waals surface area contributed by atoms with Gasteiger partial charge in [-0.3, -0.25) is 4.98 Å². The Hall–Kier alpha value is -1.49. The molecule has 0 bridgehead atoms. The summed E-state index contributed by atoms with van der Waals surface area (Å²) in [6.07, 6.45) is 6.21. The van der Waals surface area contributed by atoms with Gasteiger partial charge in [-0.1, -0.05) is 11.6 Å². The minimum Gasteiger partial charge on any atom is -0.444 e. The lowest BCUT2D eigenvalue weighted by molar-refractivity contribution is 0.0114. The molecule has 0 aromatic carbocycles. The van der Waals surface area contributed by atoms with Crippen molar-refractivity contribution in [2.24, 2.45) is 0 Å². The van der Waals surface area contributed by atoms with Crippen LogP contribution < -0.4 is 5.32 Å². The van der Waals surface area contributed by atoms with Crippen molar-refractivity contribution in [1.29, 1.82) is 0 Å². The van der Waals surface area contributed by atoms with E-state index < -0.39 is 5.60 Å². The molecule has 1 atom stereocenters. The summed E-state index contributed by atoms with van der Waals surface area (Å²) in [6.45, 7) is 7.04. The first-order valence-corrected chi connectivity index (χ1v) is 8.07. The second-order valence-electron chi connectivity index (χ2n) is 6.56. The summed E-state index contributed by atoms with van der Waals surface area (Å²) in [7, 11) is 0. The SMILES string of the molecule is CC(C)(C)OC(=O)N1CCCCC1CNc1cnccc1Cl. The molecule has 5 nitrogen and oxygen atoms in total. The largest absolute Gasteiger partial charge is 0.444 e. The average molecular weight is 326 g/mol. The van der Waals surface area contributed by atoms with Crippen LogP contribution in [0.3, 0.4) is 0 Å². The quantitative estimate of drug-likeness (QED) is 0.914. The third kappa shape index (κ3) is 4.77. The Labute approximate surface area is 137 Å². The van der Waals surface area contributed by atoms with E-state index in [1.54, 1.807) is 18.5 Å². The van der Waals surface area contributed by atoms with E-state index >= 15 is 0 Å². The highest BCUT2D eigenvalue weighted by Crippen LogP contribution is 2.23. The molecule has 2 rings (SSSR count). The second kappa shape index (κ2) is 7.18. The van der Waals surface area contributed by atoms with Crippen LogP contribution >= 0.6 is 11.6 Å². The molecule has 1 aliphatic rings. The van der Waals surface area contributed by atoms with Crippen LogP contribution in [0, 0.1) is 0 Å². The maximum Gasteiger partial charge on any atom is 0.410 e. The van der Waals surface area contributed by atoms with Crippen molar-refractivity contribution in [3.05, 3.63) is 23.5 Å². The standard InChI is InChI=1S/C16H24ClN3O2/c1-16(2,3)22-15(21)20-9-5-4-6-12(20)10-19-14-11-18-8-7-13(14)17/h7-8,11-12,19H,4-6,9-10H2,1-3H3. The fourth-order valence-corrected chi connectivity index (χ4v) is 2.68. The number of likely N-dealkylation sites (tertiary alicyclic amines) is 1. The van der Waals surface area contributed by atoms with Crippen LogP contribution in [-0.2, 0) is 4.74 Å². The Morgan fingerprint density at radius 2 is 2.27 bits per heavy atom. The first-order valence-electron chi connectivity index (χ1n) is 7.70. The number of pyridine rings is 1. The molecule has 6 heteroatoms. The molecule has 1 unspecified atom stereocenters. The van der Waals surface area contributed by atoms with E-state index in [1.807, 2.05) is 25.7 Å². The monoisotopic (exact) mass is 325 g/mol. The lowest BCUT2D eigenvalue weighted by Gasteiger charge is -2.37. The van der Waals surface area contributed by atoms with E-state index in [0.29, 0.717) is 11.6 Å². The smallest absolute Gasteiger partial charge is 0.410 e. The predicted octanol–water partition coefficient (Wildman–Crippen LogP) is 3.94. The Bertz CT molecular complexity index is 516. The number of carbonyl (C=O) groups is 1. The molecule has 0 radical (unpaired) electrons. The van der Waals surface area contributed by atoms with Gasteiger partial charge in [-0.05, 0) is 46.1 Å². The zero-order valence-corrected chi connectivity index (χ0v) is 14.2. The summed E-state index contributed by atoms with van der Waals surface area (Å²) in [5.41, 5.74) is 0.318. The highest BCUT2D eigenvalue weighted by atomic mass is 35.5. The summed E-state index contributed by atoms with van der Waals surface area (Å²) in [6, 6.07) is 1.86. The molecule has 1 amide bonds. The van der Waals surface area contributed by atoms with Crippen molar-refractivity contribution in [3.8, 4) is 0 Å². The summed E-state index contributed by atoms with van der Waals surface area (Å²) in [4.78, 5) is 18.2. The van der Waals surface area contributed by atoms with Crippen LogP contribution in [0.2, 0.25) is 5.02 Å². The topological polar surface area (TPSA) is 54.5 Å². The van der Waals surface area contributed by atoms with Crippen molar-refractivity contribution in [1.82, 2.24) is 9.88 Å². The maximum absolute atomic E-state index is 12.3. The lowest BCUT2D eigenvalue weighted by Crippen LogP contribution is -2.48. The molecule has 0 aliphatic carbocycles. The van der Waals surface area contributed by atoms with Crippen molar-refractivity contribution in [2.75, 3.05) is 18.4 Å². The number of anilines is 1. The van der Waals surface area contributed by atoms with Crippen molar-refractivity contribution in [3.63, 3.8) is 0 Å². The Kier molecular flexibility index (Phi) is 5.51. The number of carbonyl (C=O) groups excluding carboxylic acids is 1. The van der Waals surface area contributed by atoms with Gasteiger partial charge < -0.3 is 15.0 Å². The first kappa shape index (κ1) is 16.9. The van der Waals surface area contributed by atoms with Crippen molar-refractivity contribution in [2.45, 2.75) is 51.7 Å². The second-order valence-corrected chi connectivity index (χ2v) is 6.97. The van der Waals surface area contributed by atoms with Crippen LogP contribution in [-0.4, -0.2) is 40.7 Å². The number of aromatic nitrogens is 1. The average Bonchev–Trinajstić information content (AvgIpc) is 2.45. The minimum atomic E-state index is -0.473. The number of hydrogen-bond donors (Lipinski definition) is 1. The number of ether oxygens (including phenoxy) is 1. The van der Waals surface area contributed by atoms with Gasteiger partial charge in [0.05, 0.1) is 22.9 Å². The van der Waals surface area contributed by atoms with Crippen molar-refractivity contribution >= 4 is 23.4 Å². The summed E-state index contributed by atoms with van der Waals surface area (Å²) in [5, 5.41) is 3.92. The molecular formula is C16H24ClN3O2. The van der Waals surface area contributed by atoms with Crippen LogP contribution in [0.25, 0.3) is 0 Å². The summed E-state index contributed by atoms with van der Waals surface area (Å²) >= 11 is 6.12. The molecule has 2 heterocycles. The number of hydrogen-bond acceptors (Lipinski definition) is 4. The van der Waals surface area contributed by atoms with Crippen LogP contribution in [0.4, 0.5) is 10.5 Å². The number of nitrogens with one attached hydrogen (secondary N) is 1. The van der Waals surface area contributed by atoms with Gasteiger partial charge in [0, 0.05) is 19.3 Å². The molecule has 1 saturated heterocycles. The fourth-order valence-electron chi connectivity index (χ4n) is 2.51. The molecule has 1 N–H and O–H groups in total. The Morgan fingerprint density at radius 3 is 2.95 bits per heavy atom. The number of halogens is 1. The van der Waals surface area contributed by atoms with Crippen LogP contribution in [0.15, 0.2) is 18.5 Å². The van der Waals surface area contributed by atoms with E-state index in [2.05, 4.69) is 10.3 Å². The van der Waals surface area contributed by atoms with Gasteiger partial charge >= 0.3 is 6.09 Å². The third-order valence-corrected chi connectivity index (χ3v) is 3.88. The molecule has 0 saturated carbocycles. The highest BCUT2D eigenvalue weighted by Gasteiger charge is 2.30. The van der Waals surface area contributed by atoms with Gasteiger partial charge in [0.15, 0.2) is 0 Å². The first-order chi connectivity index (χ1) is 10.4. The fraction of sp³-hybridized carbons (Fsp3) is 0.625. The van der Waals surface area contributed by atoms with E-state index in [9.17, 15) is 4.79 Å². The van der Waals surface area contributed by atoms with Gasteiger partial charge in [-0.2, -0.15) is 0 Å². The number of amides is 1. The zero-order chi connectivity index (χ0) is 16.2. The van der Waals surface area contributed by atoms with Gasteiger partial charge in [0.25, 0.3) is 0 Å². The zero-order valence-electron chi connectivity index (χ0n) is 13.4. The molecular weight excluding hydrogens is 302 g/mol. The van der Waals surface area contributed by atoms with Crippen molar-refractivity contribution < 1.29 is 9.53 Å². The molecule has 1 aromatic heterocycles. The normalized spacial score (nSPS) is 18.9. The lowest BCUT2D eigenvalue weighted by atomic mass is 10.0. The molecule has 1 fully saturated rings. The number of nitrogens with zero attached hydrogens (tertiary/aromatic N) is 2. The Morgan fingerprint density at radius 1 is 1.50 bits per heavy atom. The number of piperidine rings is 1. The minimum absolute atomic E-state index is 0.111. The highest BCUT2D eigenvalue weighted by molar-refractivity contribution is 6.33. The molecule has 1 aliphatic heterocycles. The third-order valence-electron chi connectivity index (χ3n) is 3.55. The molecule has 122 valence electrons. The van der Waals surface area contributed by atoms with Gasteiger partial charge in [-0.25, -0.2) is 4.79 Å². The van der Waals surface area contributed by atoms with E-state index in [0.717, 1.165) is 31.5 Å². The molecule has 22 heavy (non-hydrogen) atoms. The van der Waals surface area contributed by atoms with Gasteiger partial charge in [0.2, 0.25) is 0 Å².